The monoisotopic (exact) mass is 219 g/mol. The molecule has 84 valence electrons. The number of hydrogen-bond acceptors (Lipinski definition) is 5. The Kier molecular flexibility index (Phi) is 2.85. The molecule has 0 saturated heterocycles. The van der Waals surface area contributed by atoms with E-state index in [1.54, 1.807) is 7.11 Å². The highest BCUT2D eigenvalue weighted by Gasteiger charge is 2.14. The van der Waals surface area contributed by atoms with E-state index in [-0.39, 0.29) is 0 Å². The molecule has 0 bridgehead atoms. The van der Waals surface area contributed by atoms with Crippen LogP contribution in [0.4, 0.5) is 0 Å². The number of rotatable bonds is 3. The highest BCUT2D eigenvalue weighted by molar-refractivity contribution is 5.65. The lowest BCUT2D eigenvalue weighted by Crippen LogP contribution is -1.99. The van der Waals surface area contributed by atoms with Gasteiger partial charge in [0.2, 0.25) is 5.88 Å². The first-order valence-corrected chi connectivity index (χ1v) is 5.08. The van der Waals surface area contributed by atoms with Crippen LogP contribution in [0.25, 0.3) is 11.3 Å². The van der Waals surface area contributed by atoms with E-state index in [0.29, 0.717) is 11.6 Å². The summed E-state index contributed by atoms with van der Waals surface area (Å²) in [6, 6.07) is 1.96. The normalized spacial score (nSPS) is 10.4. The van der Waals surface area contributed by atoms with Gasteiger partial charge in [-0.2, -0.15) is 0 Å². The number of pyridine rings is 1. The summed E-state index contributed by atoms with van der Waals surface area (Å²) >= 11 is 0. The van der Waals surface area contributed by atoms with Crippen LogP contribution in [-0.2, 0) is 6.42 Å². The zero-order valence-electron chi connectivity index (χ0n) is 9.52. The van der Waals surface area contributed by atoms with E-state index < -0.39 is 0 Å². The summed E-state index contributed by atoms with van der Waals surface area (Å²) in [6.07, 6.45) is 2.34. The molecule has 2 heterocycles. The molecule has 2 aromatic heterocycles. The Bertz CT molecular complexity index is 480. The lowest BCUT2D eigenvalue weighted by Gasteiger charge is -2.10. The zero-order valence-corrected chi connectivity index (χ0v) is 9.52. The fourth-order valence-electron chi connectivity index (χ4n) is 1.69. The molecule has 0 unspecified atom stereocenters. The van der Waals surface area contributed by atoms with Gasteiger partial charge in [-0.3, -0.25) is 0 Å². The highest BCUT2D eigenvalue weighted by atomic mass is 16.5. The summed E-state index contributed by atoms with van der Waals surface area (Å²) < 4.78 is 10.0. The van der Waals surface area contributed by atoms with Crippen LogP contribution in [0.2, 0.25) is 0 Å². The fraction of sp³-hybridized carbons (Fsp3) is 0.364. The minimum atomic E-state index is 0.639. The van der Waals surface area contributed by atoms with Crippen LogP contribution in [0.3, 0.4) is 0 Å². The van der Waals surface area contributed by atoms with Crippen molar-refractivity contribution < 1.29 is 9.26 Å². The van der Waals surface area contributed by atoms with Crippen LogP contribution in [-0.4, -0.2) is 22.5 Å². The van der Waals surface area contributed by atoms with Crippen LogP contribution in [0.1, 0.15) is 18.2 Å². The van der Waals surface area contributed by atoms with Crippen molar-refractivity contribution >= 4 is 0 Å². The average molecular weight is 219 g/mol. The molecule has 0 saturated carbocycles. The molecular formula is C11H13N3O2. The quantitative estimate of drug-likeness (QED) is 0.790. The van der Waals surface area contributed by atoms with Crippen LogP contribution in [0.5, 0.6) is 5.88 Å². The molecule has 0 spiro atoms. The van der Waals surface area contributed by atoms with Gasteiger partial charge >= 0.3 is 0 Å². The molecule has 0 aromatic carbocycles. The second-order valence-electron chi connectivity index (χ2n) is 3.44. The Morgan fingerprint density at radius 3 is 2.81 bits per heavy atom. The third-order valence-corrected chi connectivity index (χ3v) is 2.40. The Hall–Kier alpha value is -1.91. The van der Waals surface area contributed by atoms with Gasteiger partial charge in [0.25, 0.3) is 0 Å². The van der Waals surface area contributed by atoms with Crippen molar-refractivity contribution in [3.8, 4) is 17.1 Å². The predicted octanol–water partition coefficient (Wildman–Crippen LogP) is 2.01. The van der Waals surface area contributed by atoms with E-state index in [2.05, 4.69) is 15.4 Å². The predicted molar refractivity (Wildman–Crippen MR) is 58.2 cm³/mol. The Balaban J connectivity index is 2.63. The molecule has 0 radical (unpaired) electrons. The van der Waals surface area contributed by atoms with Gasteiger partial charge in [-0.1, -0.05) is 6.92 Å². The maximum atomic E-state index is 5.27. The van der Waals surface area contributed by atoms with Crippen LogP contribution in [0.15, 0.2) is 16.9 Å². The maximum Gasteiger partial charge on any atom is 0.217 e. The summed E-state index contributed by atoms with van der Waals surface area (Å²) in [5, 5.41) is 7.38. The standard InChI is InChI=1S/C11H13N3O2/c1-4-8-9(10-6-16-14-13-10)5-7(2)12-11(8)15-3/h5-6H,4H2,1-3H3. The van der Waals surface area contributed by atoms with Crippen molar-refractivity contribution in [2.75, 3.05) is 7.11 Å². The number of ether oxygens (including phenoxy) is 1. The molecule has 0 aliphatic rings. The minimum absolute atomic E-state index is 0.639. The smallest absolute Gasteiger partial charge is 0.217 e. The first kappa shape index (κ1) is 10.6. The molecule has 0 aliphatic carbocycles. The second-order valence-corrected chi connectivity index (χ2v) is 3.44. The summed E-state index contributed by atoms with van der Waals surface area (Å²) in [7, 11) is 1.62. The molecule has 2 aromatic rings. The maximum absolute atomic E-state index is 5.27. The fourth-order valence-corrected chi connectivity index (χ4v) is 1.69. The largest absolute Gasteiger partial charge is 0.481 e. The molecule has 0 atom stereocenters. The number of methoxy groups -OCH3 is 1. The van der Waals surface area contributed by atoms with Gasteiger partial charge in [0.1, 0.15) is 5.69 Å². The number of aryl methyl sites for hydroxylation is 1. The van der Waals surface area contributed by atoms with Gasteiger partial charge in [-0.25, -0.2) is 4.98 Å². The first-order chi connectivity index (χ1) is 7.76. The molecular weight excluding hydrogens is 206 g/mol. The van der Waals surface area contributed by atoms with E-state index in [1.165, 1.54) is 6.26 Å². The Morgan fingerprint density at radius 1 is 1.44 bits per heavy atom. The van der Waals surface area contributed by atoms with Gasteiger partial charge < -0.3 is 9.26 Å². The molecule has 5 heteroatoms. The van der Waals surface area contributed by atoms with Crippen molar-refractivity contribution in [2.24, 2.45) is 0 Å². The molecule has 2 rings (SSSR count). The van der Waals surface area contributed by atoms with Crippen molar-refractivity contribution in [2.45, 2.75) is 20.3 Å². The van der Waals surface area contributed by atoms with E-state index in [0.717, 1.165) is 23.2 Å². The van der Waals surface area contributed by atoms with Gasteiger partial charge in [-0.15, -0.1) is 5.10 Å². The van der Waals surface area contributed by atoms with E-state index in [4.69, 9.17) is 9.26 Å². The molecule has 0 aliphatic heterocycles. The van der Waals surface area contributed by atoms with Gasteiger partial charge in [0, 0.05) is 22.1 Å². The number of nitrogens with zero attached hydrogens (tertiary/aromatic N) is 3. The molecule has 0 N–H and O–H groups in total. The van der Waals surface area contributed by atoms with E-state index in [1.807, 2.05) is 19.9 Å². The highest BCUT2D eigenvalue weighted by Crippen LogP contribution is 2.29. The lowest BCUT2D eigenvalue weighted by molar-refractivity contribution is 0.392. The summed E-state index contributed by atoms with van der Waals surface area (Å²) in [5.74, 6) is 0.639. The minimum Gasteiger partial charge on any atom is -0.481 e. The third-order valence-electron chi connectivity index (χ3n) is 2.40. The van der Waals surface area contributed by atoms with Crippen LogP contribution in [0, 0.1) is 6.92 Å². The average Bonchev–Trinajstić information content (AvgIpc) is 2.81. The topological polar surface area (TPSA) is 61.0 Å². The summed E-state index contributed by atoms with van der Waals surface area (Å²) in [5.41, 5.74) is 3.57. The Morgan fingerprint density at radius 2 is 2.25 bits per heavy atom. The number of hydrogen-bond donors (Lipinski definition) is 0. The lowest BCUT2D eigenvalue weighted by atomic mass is 10.0. The molecule has 5 nitrogen and oxygen atoms in total. The summed E-state index contributed by atoms with van der Waals surface area (Å²) in [6.45, 7) is 3.96. The van der Waals surface area contributed by atoms with Crippen molar-refractivity contribution in [1.82, 2.24) is 15.4 Å². The van der Waals surface area contributed by atoms with E-state index >= 15 is 0 Å². The zero-order chi connectivity index (χ0) is 11.5. The molecule has 16 heavy (non-hydrogen) atoms. The second kappa shape index (κ2) is 4.30. The third kappa shape index (κ3) is 1.76. The van der Waals surface area contributed by atoms with Gasteiger partial charge in [0.15, 0.2) is 6.26 Å². The van der Waals surface area contributed by atoms with E-state index in [9.17, 15) is 0 Å². The van der Waals surface area contributed by atoms with Crippen LogP contribution < -0.4 is 4.74 Å². The summed E-state index contributed by atoms with van der Waals surface area (Å²) in [4.78, 5) is 4.33. The number of aromatic nitrogens is 3. The van der Waals surface area contributed by atoms with Crippen molar-refractivity contribution in [3.63, 3.8) is 0 Å². The van der Waals surface area contributed by atoms with Gasteiger partial charge in [0.05, 0.1) is 7.11 Å². The van der Waals surface area contributed by atoms with Gasteiger partial charge in [-0.05, 0) is 19.4 Å². The first-order valence-electron chi connectivity index (χ1n) is 5.08. The molecule has 0 amide bonds. The Labute approximate surface area is 93.4 Å². The van der Waals surface area contributed by atoms with Crippen molar-refractivity contribution in [3.05, 3.63) is 23.6 Å². The van der Waals surface area contributed by atoms with Crippen LogP contribution >= 0.6 is 0 Å². The van der Waals surface area contributed by atoms with Crippen molar-refractivity contribution in [1.29, 1.82) is 0 Å². The SMILES string of the molecule is CCc1c(-c2conn2)cc(C)nc1OC. The molecule has 0 fully saturated rings.